The van der Waals surface area contributed by atoms with Crippen LogP contribution in [-0.4, -0.2) is 64.1 Å². The van der Waals surface area contributed by atoms with Crippen LogP contribution in [-0.2, 0) is 25.6 Å². The normalized spacial score (nSPS) is 13.3. The molecule has 0 bridgehead atoms. The maximum absolute atomic E-state index is 12.4. The lowest BCUT2D eigenvalue weighted by atomic mass is 10.0. The predicted octanol–water partition coefficient (Wildman–Crippen LogP) is 8.74. The number of quaternary nitrogens is 1. The summed E-state index contributed by atoms with van der Waals surface area (Å²) < 4.78 is 18.5. The molecule has 1 rings (SSSR count). The third kappa shape index (κ3) is 23.3. The number of carbonyl (C=O) groups excluding carboxylic acids is 1. The number of nitrogens with zero attached hydrogens (tertiary/aromatic N) is 1. The van der Waals surface area contributed by atoms with Crippen LogP contribution in [0, 0.1) is 5.92 Å². The van der Waals surface area contributed by atoms with E-state index >= 15 is 0 Å². The van der Waals surface area contributed by atoms with E-state index in [1.165, 1.54) is 89.9 Å². The van der Waals surface area contributed by atoms with E-state index in [1.54, 1.807) is 0 Å². The van der Waals surface area contributed by atoms with Crippen molar-refractivity contribution < 1.29 is 23.5 Å². The summed E-state index contributed by atoms with van der Waals surface area (Å²) in [6, 6.07) is 10.1. The lowest BCUT2D eigenvalue weighted by Crippen LogP contribution is -2.39. The molecular formula is C35H64NO4+. The van der Waals surface area contributed by atoms with Gasteiger partial charge in [-0.25, -0.2) is 0 Å². The average Bonchev–Trinajstić information content (AvgIpc) is 2.91. The Morgan fingerprint density at radius 3 is 1.80 bits per heavy atom. The first-order valence-corrected chi connectivity index (χ1v) is 16.5. The Balaban J connectivity index is 2.14. The van der Waals surface area contributed by atoms with Crippen LogP contribution in [0.2, 0.25) is 0 Å². The highest BCUT2D eigenvalue weighted by atomic mass is 16.6. The maximum Gasteiger partial charge on any atom is 0.306 e. The molecule has 0 aliphatic heterocycles. The summed E-state index contributed by atoms with van der Waals surface area (Å²) >= 11 is 0. The molecule has 0 saturated carbocycles. The second kappa shape index (κ2) is 24.2. The van der Waals surface area contributed by atoms with Gasteiger partial charge in [0.2, 0.25) is 0 Å². The molecule has 0 N–H and O–H groups in total. The van der Waals surface area contributed by atoms with Gasteiger partial charge in [-0.1, -0.05) is 134 Å². The lowest BCUT2D eigenvalue weighted by Gasteiger charge is -2.27. The minimum absolute atomic E-state index is 0.156. The van der Waals surface area contributed by atoms with Gasteiger partial charge < -0.3 is 18.7 Å². The van der Waals surface area contributed by atoms with Gasteiger partial charge in [0.1, 0.15) is 12.7 Å². The van der Waals surface area contributed by atoms with Gasteiger partial charge in [0.05, 0.1) is 47.3 Å². The smallest absolute Gasteiger partial charge is 0.306 e. The maximum atomic E-state index is 12.4. The Morgan fingerprint density at radius 2 is 1.27 bits per heavy atom. The average molecular weight is 563 g/mol. The molecule has 0 aromatic heterocycles. The summed E-state index contributed by atoms with van der Waals surface area (Å²) in [4.78, 5) is 12.4. The van der Waals surface area contributed by atoms with Crippen molar-refractivity contribution in [1.82, 2.24) is 0 Å². The monoisotopic (exact) mass is 562 g/mol. The first-order chi connectivity index (χ1) is 19.3. The number of rotatable bonds is 27. The van der Waals surface area contributed by atoms with Crippen LogP contribution in [0.1, 0.15) is 122 Å². The zero-order chi connectivity index (χ0) is 29.3. The zero-order valence-electron chi connectivity index (χ0n) is 27.0. The van der Waals surface area contributed by atoms with E-state index < -0.39 is 0 Å². The molecule has 1 aromatic rings. The number of hydrogen-bond donors (Lipinski definition) is 0. The second-order valence-electron chi connectivity index (χ2n) is 12.9. The number of ether oxygens (including phenoxy) is 3. The molecule has 0 amide bonds. The Bertz CT molecular complexity index is 703. The van der Waals surface area contributed by atoms with Gasteiger partial charge in [-0.05, 0) is 12.0 Å². The van der Waals surface area contributed by atoms with E-state index in [0.29, 0.717) is 19.6 Å². The van der Waals surface area contributed by atoms with Gasteiger partial charge in [-0.15, -0.1) is 0 Å². The van der Waals surface area contributed by atoms with E-state index in [1.807, 2.05) is 30.3 Å². The summed E-state index contributed by atoms with van der Waals surface area (Å²) in [6.45, 7) is 7.24. The minimum atomic E-state index is -0.255. The molecule has 40 heavy (non-hydrogen) atoms. The molecule has 0 fully saturated rings. The highest BCUT2D eigenvalue weighted by molar-refractivity contribution is 5.69. The molecule has 0 heterocycles. The van der Waals surface area contributed by atoms with Crippen molar-refractivity contribution in [2.45, 2.75) is 129 Å². The summed E-state index contributed by atoms with van der Waals surface area (Å²) in [5.74, 6) is 0.120. The van der Waals surface area contributed by atoms with Crippen LogP contribution < -0.4 is 0 Å². The topological polar surface area (TPSA) is 44.8 Å². The van der Waals surface area contributed by atoms with Crippen molar-refractivity contribution >= 4 is 5.97 Å². The van der Waals surface area contributed by atoms with Gasteiger partial charge in [0.15, 0.2) is 0 Å². The largest absolute Gasteiger partial charge is 0.463 e. The van der Waals surface area contributed by atoms with Crippen LogP contribution in [0.25, 0.3) is 0 Å². The molecule has 2 atom stereocenters. The molecule has 0 aliphatic rings. The van der Waals surface area contributed by atoms with Crippen molar-refractivity contribution in [3.8, 4) is 0 Å². The Hall–Kier alpha value is -1.43. The number of carbonyl (C=O) groups is 1. The lowest BCUT2D eigenvalue weighted by molar-refractivity contribution is -0.873. The van der Waals surface area contributed by atoms with Crippen molar-refractivity contribution in [1.29, 1.82) is 0 Å². The van der Waals surface area contributed by atoms with Gasteiger partial charge >= 0.3 is 5.97 Å². The van der Waals surface area contributed by atoms with Crippen molar-refractivity contribution in [3.05, 3.63) is 35.9 Å². The Kier molecular flexibility index (Phi) is 22.1. The van der Waals surface area contributed by atoms with E-state index in [0.717, 1.165) is 29.6 Å². The van der Waals surface area contributed by atoms with E-state index in [9.17, 15) is 4.79 Å². The highest BCUT2D eigenvalue weighted by Gasteiger charge is 2.19. The Labute approximate surface area is 247 Å². The molecule has 5 heteroatoms. The fourth-order valence-corrected chi connectivity index (χ4v) is 5.25. The first kappa shape index (κ1) is 36.6. The van der Waals surface area contributed by atoms with Gasteiger partial charge in [-0.2, -0.15) is 0 Å². The van der Waals surface area contributed by atoms with Crippen molar-refractivity contribution in [3.63, 3.8) is 0 Å². The second-order valence-corrected chi connectivity index (χ2v) is 12.9. The molecule has 0 spiro atoms. The third-order valence-corrected chi connectivity index (χ3v) is 7.33. The predicted molar refractivity (Wildman–Crippen MR) is 168 cm³/mol. The quantitative estimate of drug-likeness (QED) is 0.0611. The summed E-state index contributed by atoms with van der Waals surface area (Å²) in [5, 5.41) is 0. The van der Waals surface area contributed by atoms with Gasteiger partial charge in [0, 0.05) is 12.5 Å². The van der Waals surface area contributed by atoms with Gasteiger partial charge in [-0.3, -0.25) is 4.79 Å². The number of unbranched alkanes of at least 4 members (excludes halogenated alkanes) is 14. The molecule has 5 nitrogen and oxygen atoms in total. The number of benzene rings is 1. The van der Waals surface area contributed by atoms with Crippen molar-refractivity contribution in [2.75, 3.05) is 47.5 Å². The van der Waals surface area contributed by atoms with Crippen molar-refractivity contribution in [2.24, 2.45) is 5.92 Å². The summed E-state index contributed by atoms with van der Waals surface area (Å²) in [6.07, 6.45) is 20.6. The van der Waals surface area contributed by atoms with Crippen LogP contribution in [0.15, 0.2) is 30.3 Å². The summed E-state index contributed by atoms with van der Waals surface area (Å²) in [5.41, 5.74) is 1.11. The number of hydrogen-bond acceptors (Lipinski definition) is 4. The SMILES string of the molecule is CCCCCCCCCCCCCCCCCOCC(COC(=O)CC(C)C[N+](C)(C)C)OCc1ccccc1. The minimum Gasteiger partial charge on any atom is -0.463 e. The van der Waals surface area contributed by atoms with E-state index in [-0.39, 0.29) is 24.6 Å². The molecule has 232 valence electrons. The molecule has 0 saturated heterocycles. The third-order valence-electron chi connectivity index (χ3n) is 7.33. The molecule has 0 aliphatic carbocycles. The standard InChI is InChI=1S/C35H64NO4/c1-6-7-8-9-10-11-12-13-14-15-16-17-18-19-23-26-38-30-34(39-29-33-24-21-20-22-25-33)31-40-35(37)27-32(2)28-36(3,4)5/h20-22,24-25,32,34H,6-19,23,26-31H2,1-5H3/q+1. The fraction of sp³-hybridized carbons (Fsp3) is 0.800. The van der Waals surface area contributed by atoms with E-state index in [4.69, 9.17) is 14.2 Å². The Morgan fingerprint density at radius 1 is 0.750 bits per heavy atom. The first-order valence-electron chi connectivity index (χ1n) is 16.5. The van der Waals surface area contributed by atoms with Gasteiger partial charge in [0.25, 0.3) is 0 Å². The van der Waals surface area contributed by atoms with Crippen LogP contribution >= 0.6 is 0 Å². The van der Waals surface area contributed by atoms with Crippen LogP contribution in [0.3, 0.4) is 0 Å². The highest BCUT2D eigenvalue weighted by Crippen LogP contribution is 2.14. The molecule has 0 radical (unpaired) electrons. The molecule has 2 unspecified atom stereocenters. The number of esters is 1. The summed E-state index contributed by atoms with van der Waals surface area (Å²) in [7, 11) is 6.43. The fourth-order valence-electron chi connectivity index (χ4n) is 5.25. The van der Waals surface area contributed by atoms with Crippen LogP contribution in [0.5, 0.6) is 0 Å². The van der Waals surface area contributed by atoms with E-state index in [2.05, 4.69) is 35.0 Å². The van der Waals surface area contributed by atoms with Crippen LogP contribution in [0.4, 0.5) is 0 Å². The molecule has 1 aromatic carbocycles. The molecular weight excluding hydrogens is 498 g/mol. The zero-order valence-corrected chi connectivity index (χ0v) is 27.0.